The molecule has 0 aromatic heterocycles. The number of hydrogen-bond donors (Lipinski definition) is 1. The summed E-state index contributed by atoms with van der Waals surface area (Å²) in [5.41, 5.74) is 1.47. The average Bonchev–Trinajstić information content (AvgIpc) is 2.73. The first-order valence-electron chi connectivity index (χ1n) is 5.60. The van der Waals surface area contributed by atoms with Gasteiger partial charge in [-0.2, -0.15) is 0 Å². The maximum absolute atomic E-state index is 12.0. The summed E-state index contributed by atoms with van der Waals surface area (Å²) in [4.78, 5) is 34.7. The SMILES string of the molecule is COC(=O)CNC(=O)C1Cc2ccccc2C1=O. The fraction of sp³-hybridized carbons (Fsp3) is 0.308. The Bertz CT molecular complexity index is 509. The molecular weight excluding hydrogens is 234 g/mol. The first-order valence-corrected chi connectivity index (χ1v) is 5.60. The Balaban J connectivity index is 2.03. The van der Waals surface area contributed by atoms with Crippen LogP contribution in [0.2, 0.25) is 0 Å². The van der Waals surface area contributed by atoms with E-state index in [4.69, 9.17) is 0 Å². The van der Waals surface area contributed by atoms with Gasteiger partial charge in [0.05, 0.1) is 7.11 Å². The van der Waals surface area contributed by atoms with E-state index < -0.39 is 17.8 Å². The van der Waals surface area contributed by atoms with E-state index in [0.29, 0.717) is 12.0 Å². The molecule has 0 spiro atoms. The highest BCUT2D eigenvalue weighted by atomic mass is 16.5. The summed E-state index contributed by atoms with van der Waals surface area (Å²) < 4.78 is 4.41. The molecule has 1 amide bonds. The largest absolute Gasteiger partial charge is 0.468 e. The van der Waals surface area contributed by atoms with E-state index in [1.54, 1.807) is 12.1 Å². The zero-order chi connectivity index (χ0) is 13.1. The summed E-state index contributed by atoms with van der Waals surface area (Å²) in [5, 5.41) is 2.41. The number of ketones is 1. The number of ether oxygens (including phenoxy) is 1. The van der Waals surface area contributed by atoms with Gasteiger partial charge in [0.15, 0.2) is 5.78 Å². The number of methoxy groups -OCH3 is 1. The van der Waals surface area contributed by atoms with Crippen LogP contribution in [0.1, 0.15) is 15.9 Å². The first-order chi connectivity index (χ1) is 8.63. The highest BCUT2D eigenvalue weighted by molar-refractivity contribution is 6.13. The maximum Gasteiger partial charge on any atom is 0.325 e. The van der Waals surface area contributed by atoms with Gasteiger partial charge in [0.1, 0.15) is 12.5 Å². The number of amides is 1. The third-order valence-electron chi connectivity index (χ3n) is 2.97. The second-order valence-electron chi connectivity index (χ2n) is 4.07. The molecular formula is C13H13NO4. The van der Waals surface area contributed by atoms with E-state index >= 15 is 0 Å². The van der Waals surface area contributed by atoms with Crippen LogP contribution in [0.4, 0.5) is 0 Å². The van der Waals surface area contributed by atoms with Crippen LogP contribution in [0.3, 0.4) is 0 Å². The zero-order valence-electron chi connectivity index (χ0n) is 9.93. The Morgan fingerprint density at radius 2 is 2.11 bits per heavy atom. The van der Waals surface area contributed by atoms with Crippen molar-refractivity contribution in [3.8, 4) is 0 Å². The smallest absolute Gasteiger partial charge is 0.325 e. The van der Waals surface area contributed by atoms with Gasteiger partial charge in [-0.1, -0.05) is 24.3 Å². The standard InChI is InChI=1S/C13H13NO4/c1-18-11(15)7-14-13(17)10-6-8-4-2-3-5-9(8)12(10)16/h2-5,10H,6-7H2,1H3,(H,14,17). The lowest BCUT2D eigenvalue weighted by atomic mass is 10.0. The zero-order valence-corrected chi connectivity index (χ0v) is 9.93. The number of benzene rings is 1. The molecule has 1 aliphatic carbocycles. The normalized spacial score (nSPS) is 17.2. The van der Waals surface area contributed by atoms with Crippen molar-refractivity contribution in [3.05, 3.63) is 35.4 Å². The summed E-state index contributed by atoms with van der Waals surface area (Å²) in [6.07, 6.45) is 0.391. The number of carbonyl (C=O) groups is 3. The molecule has 94 valence electrons. The topological polar surface area (TPSA) is 72.5 Å². The van der Waals surface area contributed by atoms with Crippen molar-refractivity contribution in [1.29, 1.82) is 0 Å². The summed E-state index contributed by atoms with van der Waals surface area (Å²) >= 11 is 0. The second-order valence-corrected chi connectivity index (χ2v) is 4.07. The van der Waals surface area contributed by atoms with Crippen molar-refractivity contribution in [2.75, 3.05) is 13.7 Å². The molecule has 18 heavy (non-hydrogen) atoms. The van der Waals surface area contributed by atoms with Gasteiger partial charge in [0.25, 0.3) is 0 Å². The molecule has 0 heterocycles. The summed E-state index contributed by atoms with van der Waals surface area (Å²) in [6, 6.07) is 7.15. The molecule has 0 saturated heterocycles. The monoisotopic (exact) mass is 247 g/mol. The summed E-state index contributed by atoms with van der Waals surface area (Å²) in [6.45, 7) is -0.213. The lowest BCUT2D eigenvalue weighted by Gasteiger charge is -2.08. The van der Waals surface area contributed by atoms with Gasteiger partial charge < -0.3 is 10.1 Å². The molecule has 0 radical (unpaired) electrons. The molecule has 0 fully saturated rings. The lowest BCUT2D eigenvalue weighted by Crippen LogP contribution is -2.37. The number of Topliss-reactive ketones (excluding diaryl/α,β-unsaturated/α-hetero) is 1. The highest BCUT2D eigenvalue weighted by Gasteiger charge is 2.35. The van der Waals surface area contributed by atoms with Gasteiger partial charge >= 0.3 is 5.97 Å². The average molecular weight is 247 g/mol. The Morgan fingerprint density at radius 1 is 1.39 bits per heavy atom. The Kier molecular flexibility index (Phi) is 3.41. The van der Waals surface area contributed by atoms with Crippen LogP contribution in [0.25, 0.3) is 0 Å². The van der Waals surface area contributed by atoms with Crippen molar-refractivity contribution in [2.24, 2.45) is 5.92 Å². The van der Waals surface area contributed by atoms with Crippen molar-refractivity contribution < 1.29 is 19.1 Å². The van der Waals surface area contributed by atoms with Crippen LogP contribution in [0.5, 0.6) is 0 Å². The number of carbonyl (C=O) groups excluding carboxylic acids is 3. The van der Waals surface area contributed by atoms with Crippen LogP contribution in [0.15, 0.2) is 24.3 Å². The predicted octanol–water partition coefficient (Wildman–Crippen LogP) is 0.331. The van der Waals surface area contributed by atoms with E-state index in [-0.39, 0.29) is 12.3 Å². The Hall–Kier alpha value is -2.17. The van der Waals surface area contributed by atoms with Gasteiger partial charge in [0, 0.05) is 5.56 Å². The number of fused-ring (bicyclic) bond motifs is 1. The maximum atomic E-state index is 12.0. The number of rotatable bonds is 3. The van der Waals surface area contributed by atoms with Crippen LogP contribution in [0, 0.1) is 5.92 Å². The molecule has 1 aliphatic rings. The molecule has 2 rings (SSSR count). The van der Waals surface area contributed by atoms with Gasteiger partial charge in [0.2, 0.25) is 5.91 Å². The van der Waals surface area contributed by atoms with Gasteiger partial charge in [-0.05, 0) is 12.0 Å². The van der Waals surface area contributed by atoms with Gasteiger partial charge in [-0.15, -0.1) is 0 Å². The Morgan fingerprint density at radius 3 is 2.78 bits per heavy atom. The molecule has 1 atom stereocenters. The minimum Gasteiger partial charge on any atom is -0.468 e. The molecule has 1 unspecified atom stereocenters. The molecule has 1 N–H and O–H groups in total. The fourth-order valence-corrected chi connectivity index (χ4v) is 2.01. The van der Waals surface area contributed by atoms with E-state index in [1.165, 1.54) is 7.11 Å². The van der Waals surface area contributed by atoms with Crippen LogP contribution in [-0.4, -0.2) is 31.3 Å². The van der Waals surface area contributed by atoms with Crippen molar-refractivity contribution in [3.63, 3.8) is 0 Å². The van der Waals surface area contributed by atoms with E-state index in [1.807, 2.05) is 12.1 Å². The molecule has 0 aliphatic heterocycles. The van der Waals surface area contributed by atoms with Crippen LogP contribution < -0.4 is 5.32 Å². The molecule has 5 nitrogen and oxygen atoms in total. The summed E-state index contributed by atoms with van der Waals surface area (Å²) in [7, 11) is 1.24. The number of hydrogen-bond acceptors (Lipinski definition) is 4. The van der Waals surface area contributed by atoms with Crippen LogP contribution >= 0.6 is 0 Å². The molecule has 5 heteroatoms. The van der Waals surface area contributed by atoms with Crippen molar-refractivity contribution >= 4 is 17.7 Å². The number of nitrogens with one attached hydrogen (secondary N) is 1. The van der Waals surface area contributed by atoms with Crippen molar-refractivity contribution in [2.45, 2.75) is 6.42 Å². The third kappa shape index (κ3) is 2.25. The van der Waals surface area contributed by atoms with E-state index in [2.05, 4.69) is 10.1 Å². The number of esters is 1. The second kappa shape index (κ2) is 5.00. The quantitative estimate of drug-likeness (QED) is 0.617. The van der Waals surface area contributed by atoms with Gasteiger partial charge in [-0.25, -0.2) is 0 Å². The lowest BCUT2D eigenvalue weighted by molar-refractivity contribution is -0.141. The molecule has 0 saturated carbocycles. The van der Waals surface area contributed by atoms with Gasteiger partial charge in [-0.3, -0.25) is 14.4 Å². The molecule has 0 bridgehead atoms. The van der Waals surface area contributed by atoms with E-state index in [9.17, 15) is 14.4 Å². The van der Waals surface area contributed by atoms with Crippen molar-refractivity contribution in [1.82, 2.24) is 5.32 Å². The van der Waals surface area contributed by atoms with Crippen LogP contribution in [-0.2, 0) is 20.7 Å². The molecule has 1 aromatic carbocycles. The summed E-state index contributed by atoms with van der Waals surface area (Å²) in [5.74, 6) is -1.88. The fourth-order valence-electron chi connectivity index (χ4n) is 2.01. The highest BCUT2D eigenvalue weighted by Crippen LogP contribution is 2.26. The predicted molar refractivity (Wildman–Crippen MR) is 63.0 cm³/mol. The van der Waals surface area contributed by atoms with E-state index in [0.717, 1.165) is 5.56 Å². The first kappa shape index (κ1) is 12.3. The molecule has 1 aromatic rings. The Labute approximate surface area is 104 Å². The minimum atomic E-state index is -0.730. The minimum absolute atomic E-state index is 0.187. The third-order valence-corrected chi connectivity index (χ3v) is 2.97.